The van der Waals surface area contributed by atoms with Gasteiger partial charge in [0.2, 0.25) is 0 Å². The number of methoxy groups -OCH3 is 1. The van der Waals surface area contributed by atoms with Crippen LogP contribution in [0, 0.1) is 5.82 Å². The number of carbonyl (C=O) groups excluding carboxylic acids is 1. The molecule has 0 spiro atoms. The van der Waals surface area contributed by atoms with E-state index in [0.717, 1.165) is 5.56 Å². The van der Waals surface area contributed by atoms with Crippen molar-refractivity contribution >= 4 is 23.3 Å². The van der Waals surface area contributed by atoms with Gasteiger partial charge in [0.1, 0.15) is 22.3 Å². The molecule has 0 bridgehead atoms. The summed E-state index contributed by atoms with van der Waals surface area (Å²) in [6, 6.07) is 15.4. The molecule has 4 rings (SSSR count). The molecule has 2 aromatic carbocycles. The lowest BCUT2D eigenvalue weighted by molar-refractivity contribution is 0.102. The van der Waals surface area contributed by atoms with E-state index in [0.29, 0.717) is 17.0 Å². The van der Waals surface area contributed by atoms with Crippen LogP contribution in [-0.4, -0.2) is 33.0 Å². The molecule has 0 fully saturated rings. The minimum Gasteiger partial charge on any atom is -0.497 e. The first kappa shape index (κ1) is 19.7. The molecule has 0 aliphatic rings. The Morgan fingerprint density at radius 2 is 2.07 bits per heavy atom. The first-order valence-corrected chi connectivity index (χ1v) is 9.39. The van der Waals surface area contributed by atoms with Gasteiger partial charge in [0.05, 0.1) is 19.3 Å². The van der Waals surface area contributed by atoms with Crippen molar-refractivity contribution in [2.24, 2.45) is 0 Å². The zero-order valence-electron chi connectivity index (χ0n) is 15.9. The lowest BCUT2D eigenvalue weighted by atomic mass is 10.1. The van der Waals surface area contributed by atoms with Crippen LogP contribution < -0.4 is 10.1 Å². The van der Waals surface area contributed by atoms with Crippen LogP contribution in [0.4, 0.5) is 10.2 Å². The van der Waals surface area contributed by atoms with Crippen molar-refractivity contribution in [3.8, 4) is 17.0 Å². The Kier molecular flexibility index (Phi) is 5.49. The summed E-state index contributed by atoms with van der Waals surface area (Å²) in [5.74, 6) is 0.0798. The highest BCUT2D eigenvalue weighted by molar-refractivity contribution is 6.33. The van der Waals surface area contributed by atoms with Crippen molar-refractivity contribution in [1.82, 2.24) is 20.0 Å². The number of ether oxygens (including phenoxy) is 1. The molecule has 2 N–H and O–H groups in total. The van der Waals surface area contributed by atoms with Gasteiger partial charge in [0, 0.05) is 17.3 Å². The largest absolute Gasteiger partial charge is 0.497 e. The third kappa shape index (κ3) is 4.18. The highest BCUT2D eigenvalue weighted by Crippen LogP contribution is 2.24. The van der Waals surface area contributed by atoms with Gasteiger partial charge < -0.3 is 10.1 Å². The Labute approximate surface area is 176 Å². The number of H-pyrrole nitrogens is 1. The van der Waals surface area contributed by atoms with Gasteiger partial charge in [0.25, 0.3) is 5.91 Å². The smallest absolute Gasteiger partial charge is 0.274 e. The fraction of sp³-hybridized carbons (Fsp3) is 0.0952. The van der Waals surface area contributed by atoms with Crippen LogP contribution >= 0.6 is 11.6 Å². The van der Waals surface area contributed by atoms with Crippen LogP contribution in [0.3, 0.4) is 0 Å². The summed E-state index contributed by atoms with van der Waals surface area (Å²) in [4.78, 5) is 12.6. The van der Waals surface area contributed by atoms with E-state index in [2.05, 4.69) is 20.6 Å². The molecule has 2 heterocycles. The first-order chi connectivity index (χ1) is 14.5. The third-order valence-corrected chi connectivity index (χ3v) is 4.70. The van der Waals surface area contributed by atoms with Crippen molar-refractivity contribution in [3.05, 3.63) is 82.9 Å². The second-order valence-corrected chi connectivity index (χ2v) is 6.87. The molecule has 152 valence electrons. The van der Waals surface area contributed by atoms with Crippen LogP contribution in [-0.2, 0) is 6.54 Å². The molecule has 0 saturated carbocycles. The van der Waals surface area contributed by atoms with Crippen molar-refractivity contribution in [3.63, 3.8) is 0 Å². The fourth-order valence-corrected chi connectivity index (χ4v) is 3.10. The van der Waals surface area contributed by atoms with E-state index < -0.39 is 5.91 Å². The molecule has 30 heavy (non-hydrogen) atoms. The highest BCUT2D eigenvalue weighted by atomic mass is 35.5. The lowest BCUT2D eigenvalue weighted by Crippen LogP contribution is -2.13. The van der Waals surface area contributed by atoms with Crippen molar-refractivity contribution in [2.45, 2.75) is 6.54 Å². The SMILES string of the molecule is COc1cccc(-c2cc(C(=O)Nc3nn(Cc4ccccc4F)cc3Cl)[nH]n2)c1. The molecule has 1 amide bonds. The van der Waals surface area contributed by atoms with Crippen molar-refractivity contribution < 1.29 is 13.9 Å². The molecular weight excluding hydrogens is 409 g/mol. The van der Waals surface area contributed by atoms with Gasteiger partial charge in [-0.25, -0.2) is 4.39 Å². The average Bonchev–Trinajstić information content (AvgIpc) is 3.37. The molecule has 2 aromatic heterocycles. The summed E-state index contributed by atoms with van der Waals surface area (Å²) in [5.41, 5.74) is 2.10. The number of carbonyl (C=O) groups is 1. The second-order valence-electron chi connectivity index (χ2n) is 6.47. The van der Waals surface area contributed by atoms with Crippen molar-refractivity contribution in [1.29, 1.82) is 0 Å². The van der Waals surface area contributed by atoms with E-state index in [1.807, 2.05) is 24.3 Å². The van der Waals surface area contributed by atoms with E-state index in [4.69, 9.17) is 16.3 Å². The monoisotopic (exact) mass is 425 g/mol. The van der Waals surface area contributed by atoms with Crippen LogP contribution in [0.25, 0.3) is 11.3 Å². The quantitative estimate of drug-likeness (QED) is 0.480. The molecule has 0 aliphatic heterocycles. The Morgan fingerprint density at radius 1 is 1.23 bits per heavy atom. The zero-order chi connectivity index (χ0) is 21.1. The normalized spacial score (nSPS) is 10.8. The summed E-state index contributed by atoms with van der Waals surface area (Å²) < 4.78 is 20.5. The standard InChI is InChI=1S/C21H17ClFN5O2/c1-30-15-7-4-6-13(9-15)18-10-19(26-25-18)21(29)24-20-16(22)12-28(27-20)11-14-5-2-3-8-17(14)23/h2-10,12H,11H2,1H3,(H,25,26)(H,24,27,29). The van der Waals surface area contributed by atoms with Gasteiger partial charge in [-0.15, -0.1) is 0 Å². The van der Waals surface area contributed by atoms with E-state index in [9.17, 15) is 9.18 Å². The summed E-state index contributed by atoms with van der Waals surface area (Å²) in [6.45, 7) is 0.187. The lowest BCUT2D eigenvalue weighted by Gasteiger charge is -2.03. The van der Waals surface area contributed by atoms with Gasteiger partial charge >= 0.3 is 0 Å². The predicted molar refractivity (Wildman–Crippen MR) is 111 cm³/mol. The molecule has 9 heteroatoms. The van der Waals surface area contributed by atoms with Gasteiger partial charge in [-0.05, 0) is 24.3 Å². The zero-order valence-corrected chi connectivity index (χ0v) is 16.7. The number of benzene rings is 2. The number of rotatable bonds is 6. The van der Waals surface area contributed by atoms with E-state index in [1.54, 1.807) is 31.4 Å². The van der Waals surface area contributed by atoms with Gasteiger partial charge in [-0.2, -0.15) is 10.2 Å². The molecular formula is C21H17ClFN5O2. The minimum atomic E-state index is -0.449. The van der Waals surface area contributed by atoms with Crippen LogP contribution in [0.2, 0.25) is 5.02 Å². The summed E-state index contributed by atoms with van der Waals surface area (Å²) in [7, 11) is 1.58. The summed E-state index contributed by atoms with van der Waals surface area (Å²) >= 11 is 6.19. The number of hydrogen-bond donors (Lipinski definition) is 2. The molecule has 0 atom stereocenters. The topological polar surface area (TPSA) is 84.8 Å². The number of aromatic amines is 1. The van der Waals surface area contributed by atoms with Crippen LogP contribution in [0.5, 0.6) is 5.75 Å². The molecule has 7 nitrogen and oxygen atoms in total. The molecule has 4 aromatic rings. The Hall–Kier alpha value is -3.65. The molecule has 0 unspecified atom stereocenters. The number of amides is 1. The molecule has 0 aliphatic carbocycles. The molecule has 0 saturated heterocycles. The fourth-order valence-electron chi connectivity index (χ4n) is 2.91. The maximum absolute atomic E-state index is 13.8. The average molecular weight is 426 g/mol. The van der Waals surface area contributed by atoms with Gasteiger partial charge in [0.15, 0.2) is 5.82 Å². The summed E-state index contributed by atoms with van der Waals surface area (Å²) in [6.07, 6.45) is 1.53. The predicted octanol–water partition coefficient (Wildman–Crippen LogP) is 4.37. The second kappa shape index (κ2) is 8.38. The first-order valence-electron chi connectivity index (χ1n) is 9.01. The maximum Gasteiger partial charge on any atom is 0.274 e. The number of anilines is 1. The van der Waals surface area contributed by atoms with E-state index >= 15 is 0 Å². The third-order valence-electron chi connectivity index (χ3n) is 4.43. The number of aromatic nitrogens is 4. The number of halogens is 2. The van der Waals surface area contributed by atoms with Crippen LogP contribution in [0.1, 0.15) is 16.1 Å². The number of hydrogen-bond acceptors (Lipinski definition) is 4. The van der Waals surface area contributed by atoms with Gasteiger partial charge in [-0.1, -0.05) is 41.9 Å². The van der Waals surface area contributed by atoms with Crippen LogP contribution in [0.15, 0.2) is 60.8 Å². The Morgan fingerprint density at radius 3 is 2.87 bits per heavy atom. The Balaban J connectivity index is 1.49. The molecule has 0 radical (unpaired) electrons. The maximum atomic E-state index is 13.8. The number of nitrogens with one attached hydrogen (secondary N) is 2. The van der Waals surface area contributed by atoms with Gasteiger partial charge in [-0.3, -0.25) is 14.6 Å². The highest BCUT2D eigenvalue weighted by Gasteiger charge is 2.16. The van der Waals surface area contributed by atoms with E-state index in [-0.39, 0.29) is 28.9 Å². The minimum absolute atomic E-state index is 0.176. The summed E-state index contributed by atoms with van der Waals surface area (Å²) in [5, 5.41) is 14.0. The Bertz CT molecular complexity index is 1200. The van der Waals surface area contributed by atoms with Crippen molar-refractivity contribution in [2.75, 3.05) is 12.4 Å². The number of nitrogens with zero attached hydrogens (tertiary/aromatic N) is 3. The van der Waals surface area contributed by atoms with E-state index in [1.165, 1.54) is 16.9 Å².